The Bertz CT molecular complexity index is 1250. The molecule has 0 N–H and O–H groups in total. The highest BCUT2D eigenvalue weighted by atomic mass is 19.1. The molecule has 0 aliphatic carbocycles. The van der Waals surface area contributed by atoms with Crippen LogP contribution in [0.15, 0.2) is 72.8 Å². The predicted octanol–water partition coefficient (Wildman–Crippen LogP) is 4.67. The number of hydrogen-bond acceptors (Lipinski definition) is 6. The van der Waals surface area contributed by atoms with Gasteiger partial charge in [0, 0.05) is 0 Å². The van der Waals surface area contributed by atoms with Crippen molar-refractivity contribution in [2.45, 2.75) is 25.5 Å². The minimum absolute atomic E-state index is 0.0774. The number of amides is 2. The molecule has 0 unspecified atom stereocenters. The molecule has 2 fully saturated rings. The van der Waals surface area contributed by atoms with Gasteiger partial charge < -0.3 is 9.47 Å². The molecule has 3 aromatic carbocycles. The number of nitrogens with zero attached hydrogens (tertiary/aromatic N) is 2. The molecule has 0 radical (unpaired) electrons. The number of hydrogen-bond donors (Lipinski definition) is 0. The number of carbonyl (C=O) groups excluding carboxylic acids is 2. The summed E-state index contributed by atoms with van der Waals surface area (Å²) in [6.45, 7) is 2.55. The van der Waals surface area contributed by atoms with Crippen LogP contribution in [0.3, 0.4) is 0 Å². The summed E-state index contributed by atoms with van der Waals surface area (Å²) < 4.78 is 25.9. The maximum Gasteiger partial charge on any atom is 0.266 e. The average molecular weight is 477 g/mol. The fraction of sp³-hybridized carbons (Fsp3) is 0.259. The Morgan fingerprint density at radius 2 is 1.69 bits per heavy atom. The molecular formula is C27H25FN2O5. The van der Waals surface area contributed by atoms with Gasteiger partial charge in [-0.15, -0.1) is 0 Å². The molecule has 0 bridgehead atoms. The second-order valence-electron chi connectivity index (χ2n) is 8.38. The highest BCUT2D eigenvalue weighted by molar-refractivity contribution is 6.24. The first-order valence-electron chi connectivity index (χ1n) is 11.5. The largest absolute Gasteiger partial charge is 0.493 e. The number of methoxy groups -OCH3 is 1. The van der Waals surface area contributed by atoms with E-state index < -0.39 is 35.7 Å². The van der Waals surface area contributed by atoms with Crippen molar-refractivity contribution >= 4 is 23.2 Å². The van der Waals surface area contributed by atoms with E-state index in [1.807, 2.05) is 43.3 Å². The second-order valence-corrected chi connectivity index (χ2v) is 8.38. The molecule has 2 aliphatic rings. The molecule has 0 spiro atoms. The molecule has 3 atom stereocenters. The highest BCUT2D eigenvalue weighted by Crippen LogP contribution is 2.48. The van der Waals surface area contributed by atoms with Gasteiger partial charge in [-0.3, -0.25) is 14.4 Å². The third kappa shape index (κ3) is 3.89. The minimum atomic E-state index is -1.09. The average Bonchev–Trinajstić information content (AvgIpc) is 3.39. The summed E-state index contributed by atoms with van der Waals surface area (Å²) in [4.78, 5) is 34.0. The monoisotopic (exact) mass is 476 g/mol. The second kappa shape index (κ2) is 9.38. The molecule has 0 aromatic heterocycles. The number of hydroxylamine groups is 1. The number of imide groups is 1. The molecule has 180 valence electrons. The van der Waals surface area contributed by atoms with Gasteiger partial charge in [0.2, 0.25) is 5.91 Å². The Morgan fingerprint density at radius 3 is 2.40 bits per heavy atom. The Kier molecular flexibility index (Phi) is 6.13. The number of para-hydroxylation sites is 2. The van der Waals surface area contributed by atoms with Crippen LogP contribution in [0.25, 0.3) is 0 Å². The minimum Gasteiger partial charge on any atom is -0.493 e. The number of ether oxygens (including phenoxy) is 2. The third-order valence-corrected chi connectivity index (χ3v) is 6.21. The van der Waals surface area contributed by atoms with Gasteiger partial charge in [-0.25, -0.2) is 14.4 Å². The van der Waals surface area contributed by atoms with Crippen molar-refractivity contribution in [2.24, 2.45) is 5.92 Å². The molecule has 2 amide bonds. The van der Waals surface area contributed by atoms with Gasteiger partial charge in [0.1, 0.15) is 11.7 Å². The van der Waals surface area contributed by atoms with Crippen LogP contribution in [0.4, 0.5) is 15.8 Å². The topological polar surface area (TPSA) is 68.3 Å². The first-order valence-corrected chi connectivity index (χ1v) is 11.5. The Labute approximate surface area is 202 Å². The molecule has 8 heteroatoms. The predicted molar refractivity (Wildman–Crippen MR) is 128 cm³/mol. The number of carbonyl (C=O) groups is 2. The highest BCUT2D eigenvalue weighted by Gasteiger charge is 2.60. The molecule has 5 rings (SSSR count). The molecular weight excluding hydrogens is 451 g/mol. The van der Waals surface area contributed by atoms with Crippen LogP contribution in [-0.2, 0) is 14.4 Å². The van der Waals surface area contributed by atoms with Gasteiger partial charge in [0.05, 0.1) is 31.1 Å². The summed E-state index contributed by atoms with van der Waals surface area (Å²) >= 11 is 0. The quantitative estimate of drug-likeness (QED) is 0.462. The van der Waals surface area contributed by atoms with Gasteiger partial charge in [0.25, 0.3) is 5.91 Å². The van der Waals surface area contributed by atoms with E-state index in [4.69, 9.17) is 14.3 Å². The van der Waals surface area contributed by atoms with E-state index in [0.29, 0.717) is 29.4 Å². The number of benzene rings is 3. The van der Waals surface area contributed by atoms with Crippen molar-refractivity contribution in [3.8, 4) is 11.5 Å². The number of rotatable bonds is 7. The van der Waals surface area contributed by atoms with Crippen LogP contribution in [0.1, 0.15) is 24.9 Å². The Balaban J connectivity index is 1.58. The summed E-state index contributed by atoms with van der Waals surface area (Å²) in [5, 5.41) is 1.59. The van der Waals surface area contributed by atoms with Crippen LogP contribution in [0.5, 0.6) is 11.5 Å². The van der Waals surface area contributed by atoms with E-state index in [1.54, 1.807) is 30.4 Å². The zero-order chi connectivity index (χ0) is 24.5. The Morgan fingerprint density at radius 1 is 0.943 bits per heavy atom. The van der Waals surface area contributed by atoms with Crippen molar-refractivity contribution in [1.82, 2.24) is 0 Å². The van der Waals surface area contributed by atoms with Crippen LogP contribution in [0.2, 0.25) is 0 Å². The van der Waals surface area contributed by atoms with Gasteiger partial charge in [-0.2, -0.15) is 0 Å². The lowest BCUT2D eigenvalue weighted by Crippen LogP contribution is -2.37. The molecule has 2 saturated heterocycles. The SMILES string of the molecule is CCCOc1ccc([C@H]2[C@H]3C(=O)N(c4ccccc4F)C(=O)[C@H]3ON2c2ccccc2)cc1OC. The lowest BCUT2D eigenvalue weighted by atomic mass is 9.90. The summed E-state index contributed by atoms with van der Waals surface area (Å²) in [6.07, 6.45) is -0.246. The van der Waals surface area contributed by atoms with E-state index in [1.165, 1.54) is 18.2 Å². The molecule has 2 heterocycles. The molecule has 2 aliphatic heterocycles. The molecule has 7 nitrogen and oxygen atoms in total. The zero-order valence-corrected chi connectivity index (χ0v) is 19.4. The van der Waals surface area contributed by atoms with E-state index in [9.17, 15) is 14.0 Å². The van der Waals surface area contributed by atoms with E-state index in [2.05, 4.69) is 0 Å². The van der Waals surface area contributed by atoms with Crippen molar-refractivity contribution in [2.75, 3.05) is 23.7 Å². The smallest absolute Gasteiger partial charge is 0.266 e. The fourth-order valence-electron chi connectivity index (χ4n) is 4.62. The molecule has 0 saturated carbocycles. The van der Waals surface area contributed by atoms with Crippen molar-refractivity contribution < 1.29 is 28.3 Å². The molecule has 35 heavy (non-hydrogen) atoms. The maximum atomic E-state index is 14.5. The summed E-state index contributed by atoms with van der Waals surface area (Å²) in [6, 6.07) is 19.7. The van der Waals surface area contributed by atoms with Crippen molar-refractivity contribution in [3.63, 3.8) is 0 Å². The lowest BCUT2D eigenvalue weighted by molar-refractivity contribution is -0.126. The molecule has 3 aromatic rings. The van der Waals surface area contributed by atoms with Crippen molar-refractivity contribution in [3.05, 3.63) is 84.2 Å². The summed E-state index contributed by atoms with van der Waals surface area (Å²) in [5.41, 5.74) is 1.32. The fourth-order valence-corrected chi connectivity index (χ4v) is 4.62. The van der Waals surface area contributed by atoms with Gasteiger partial charge in [-0.1, -0.05) is 43.3 Å². The summed E-state index contributed by atoms with van der Waals surface area (Å²) in [5.74, 6) is -1.54. The van der Waals surface area contributed by atoms with Gasteiger partial charge >= 0.3 is 0 Å². The summed E-state index contributed by atoms with van der Waals surface area (Å²) in [7, 11) is 1.55. The van der Waals surface area contributed by atoms with Crippen LogP contribution >= 0.6 is 0 Å². The van der Waals surface area contributed by atoms with Crippen LogP contribution in [-0.4, -0.2) is 31.6 Å². The van der Waals surface area contributed by atoms with Crippen LogP contribution in [0, 0.1) is 11.7 Å². The van der Waals surface area contributed by atoms with E-state index in [0.717, 1.165) is 11.3 Å². The standard InChI is InChI=1S/C27H25FN2O5/c1-3-15-34-21-14-13-17(16-22(21)33-2)24-23-25(35-30(24)18-9-5-4-6-10-18)27(32)29(26(23)31)20-12-8-7-11-19(20)28/h4-14,16,23-25H,3,15H2,1-2H3/t23-,24+,25+/m1/s1. The number of fused-ring (bicyclic) bond motifs is 1. The zero-order valence-electron chi connectivity index (χ0n) is 19.4. The normalized spacial score (nSPS) is 21.4. The van der Waals surface area contributed by atoms with Gasteiger partial charge in [-0.05, 0) is 48.4 Å². The Hall–Kier alpha value is -3.91. The first kappa shape index (κ1) is 22.9. The number of anilines is 2. The first-order chi connectivity index (χ1) is 17.0. The van der Waals surface area contributed by atoms with E-state index >= 15 is 0 Å². The van der Waals surface area contributed by atoms with Gasteiger partial charge in [0.15, 0.2) is 17.6 Å². The van der Waals surface area contributed by atoms with E-state index in [-0.39, 0.29) is 5.69 Å². The van der Waals surface area contributed by atoms with Crippen LogP contribution < -0.4 is 19.4 Å². The third-order valence-electron chi connectivity index (χ3n) is 6.21. The number of halogens is 1. The lowest BCUT2D eigenvalue weighted by Gasteiger charge is -2.29. The van der Waals surface area contributed by atoms with Crippen molar-refractivity contribution in [1.29, 1.82) is 0 Å². The maximum absolute atomic E-state index is 14.5.